The van der Waals surface area contributed by atoms with Crippen LogP contribution < -0.4 is 15.0 Å². The summed E-state index contributed by atoms with van der Waals surface area (Å²) in [6, 6.07) is 8.22. The Morgan fingerprint density at radius 1 is 1.39 bits per heavy atom. The number of piperidine rings is 1. The van der Waals surface area contributed by atoms with E-state index in [9.17, 15) is 0 Å². The van der Waals surface area contributed by atoms with Gasteiger partial charge in [-0.1, -0.05) is 19.1 Å². The summed E-state index contributed by atoms with van der Waals surface area (Å²) in [5.74, 6) is 0.951. The minimum absolute atomic E-state index is 0.355. The number of benzene rings is 1. The zero-order chi connectivity index (χ0) is 13.0. The lowest BCUT2D eigenvalue weighted by Crippen LogP contribution is -2.45. The van der Waals surface area contributed by atoms with Gasteiger partial charge in [-0.15, -0.1) is 0 Å². The van der Waals surface area contributed by atoms with Crippen LogP contribution in [0.25, 0.3) is 0 Å². The predicted octanol–water partition coefficient (Wildman–Crippen LogP) is 2.52. The fourth-order valence-corrected chi connectivity index (χ4v) is 2.86. The van der Waals surface area contributed by atoms with E-state index >= 15 is 0 Å². The van der Waals surface area contributed by atoms with Crippen LogP contribution in [0.4, 0.5) is 5.69 Å². The fraction of sp³-hybridized carbons (Fsp3) is 0.600. The standard InChI is InChI=1S/C15H24N2O/c1-15(9-6-10-16-11-15)12-17(2)13-7-4-5-8-14(13)18-3/h4-5,7-8,16H,6,9-12H2,1-3H3. The van der Waals surface area contributed by atoms with Crippen molar-refractivity contribution in [3.8, 4) is 5.75 Å². The highest BCUT2D eigenvalue weighted by Crippen LogP contribution is 2.32. The molecule has 1 aliphatic heterocycles. The van der Waals surface area contributed by atoms with E-state index < -0.39 is 0 Å². The topological polar surface area (TPSA) is 24.5 Å². The van der Waals surface area contributed by atoms with Crippen molar-refractivity contribution in [1.29, 1.82) is 0 Å². The normalized spacial score (nSPS) is 23.7. The van der Waals surface area contributed by atoms with Crippen LogP contribution in [-0.4, -0.2) is 33.8 Å². The molecule has 1 atom stereocenters. The molecule has 100 valence electrons. The highest BCUT2D eigenvalue weighted by molar-refractivity contribution is 5.58. The average molecular weight is 248 g/mol. The van der Waals surface area contributed by atoms with Gasteiger partial charge in [-0.05, 0) is 36.9 Å². The molecule has 0 bridgehead atoms. The Morgan fingerprint density at radius 2 is 2.17 bits per heavy atom. The van der Waals surface area contributed by atoms with Gasteiger partial charge < -0.3 is 15.0 Å². The number of hydrogen-bond acceptors (Lipinski definition) is 3. The summed E-state index contributed by atoms with van der Waals surface area (Å²) < 4.78 is 5.43. The monoisotopic (exact) mass is 248 g/mol. The molecule has 3 nitrogen and oxygen atoms in total. The number of hydrogen-bond donors (Lipinski definition) is 1. The largest absolute Gasteiger partial charge is 0.495 e. The minimum Gasteiger partial charge on any atom is -0.495 e. The summed E-state index contributed by atoms with van der Waals surface area (Å²) in [5, 5.41) is 3.50. The molecule has 0 saturated carbocycles. The maximum absolute atomic E-state index is 5.43. The summed E-state index contributed by atoms with van der Waals surface area (Å²) in [4.78, 5) is 2.31. The molecule has 0 aliphatic carbocycles. The van der Waals surface area contributed by atoms with Crippen LogP contribution in [0.2, 0.25) is 0 Å². The van der Waals surface area contributed by atoms with Gasteiger partial charge in [0.25, 0.3) is 0 Å². The number of anilines is 1. The number of methoxy groups -OCH3 is 1. The molecule has 0 aromatic heterocycles. The van der Waals surface area contributed by atoms with Crippen LogP contribution in [0.15, 0.2) is 24.3 Å². The lowest BCUT2D eigenvalue weighted by Gasteiger charge is -2.38. The third-order valence-corrected chi connectivity index (χ3v) is 3.80. The molecular weight excluding hydrogens is 224 g/mol. The molecule has 1 aromatic carbocycles. The molecule has 1 N–H and O–H groups in total. The molecular formula is C15H24N2O. The van der Waals surface area contributed by atoms with Crippen LogP contribution >= 0.6 is 0 Å². The van der Waals surface area contributed by atoms with Gasteiger partial charge in [-0.25, -0.2) is 0 Å². The molecule has 1 heterocycles. The number of nitrogens with one attached hydrogen (secondary N) is 1. The van der Waals surface area contributed by atoms with Crippen LogP contribution in [0.3, 0.4) is 0 Å². The maximum Gasteiger partial charge on any atom is 0.142 e. The molecule has 0 radical (unpaired) electrons. The summed E-state index contributed by atoms with van der Waals surface area (Å²) in [6.45, 7) is 5.69. The van der Waals surface area contributed by atoms with E-state index in [-0.39, 0.29) is 0 Å². The van der Waals surface area contributed by atoms with E-state index in [1.165, 1.54) is 18.5 Å². The van der Waals surface area contributed by atoms with Crippen molar-refractivity contribution < 1.29 is 4.74 Å². The average Bonchev–Trinajstić information content (AvgIpc) is 2.39. The van der Waals surface area contributed by atoms with Gasteiger partial charge in [0.2, 0.25) is 0 Å². The quantitative estimate of drug-likeness (QED) is 0.886. The fourth-order valence-electron chi connectivity index (χ4n) is 2.86. The smallest absolute Gasteiger partial charge is 0.142 e. The first-order valence-electron chi connectivity index (χ1n) is 6.69. The molecule has 0 spiro atoms. The zero-order valence-corrected chi connectivity index (χ0v) is 11.7. The summed E-state index contributed by atoms with van der Waals surface area (Å²) >= 11 is 0. The Hall–Kier alpha value is -1.22. The Balaban J connectivity index is 2.08. The molecule has 18 heavy (non-hydrogen) atoms. The first-order chi connectivity index (χ1) is 8.64. The number of nitrogens with zero attached hydrogens (tertiary/aromatic N) is 1. The number of para-hydroxylation sites is 2. The van der Waals surface area contributed by atoms with Crippen LogP contribution in [-0.2, 0) is 0 Å². The van der Waals surface area contributed by atoms with Gasteiger partial charge in [-0.2, -0.15) is 0 Å². The maximum atomic E-state index is 5.43. The van der Waals surface area contributed by atoms with Gasteiger partial charge in [-0.3, -0.25) is 0 Å². The lowest BCUT2D eigenvalue weighted by atomic mass is 9.82. The number of rotatable bonds is 4. The molecule has 1 aromatic rings. The van der Waals surface area contributed by atoms with Crippen LogP contribution in [0, 0.1) is 5.41 Å². The molecule has 1 unspecified atom stereocenters. The summed E-state index contributed by atoms with van der Waals surface area (Å²) in [6.07, 6.45) is 2.57. The van der Waals surface area contributed by atoms with Gasteiger partial charge in [0.15, 0.2) is 0 Å². The van der Waals surface area contributed by atoms with Crippen molar-refractivity contribution in [2.24, 2.45) is 5.41 Å². The predicted molar refractivity (Wildman–Crippen MR) is 76.5 cm³/mol. The van der Waals surface area contributed by atoms with Crippen molar-refractivity contribution in [2.75, 3.05) is 38.7 Å². The molecule has 1 fully saturated rings. The highest BCUT2D eigenvalue weighted by atomic mass is 16.5. The van der Waals surface area contributed by atoms with Gasteiger partial charge >= 0.3 is 0 Å². The van der Waals surface area contributed by atoms with Crippen molar-refractivity contribution in [3.63, 3.8) is 0 Å². The molecule has 0 amide bonds. The van der Waals surface area contributed by atoms with E-state index in [1.54, 1.807) is 7.11 Å². The highest BCUT2D eigenvalue weighted by Gasteiger charge is 2.28. The Bertz CT molecular complexity index is 386. The molecule has 1 saturated heterocycles. The second-order valence-electron chi connectivity index (χ2n) is 5.62. The minimum atomic E-state index is 0.355. The third kappa shape index (κ3) is 2.96. The lowest BCUT2D eigenvalue weighted by molar-refractivity contribution is 0.242. The van der Waals surface area contributed by atoms with E-state index in [0.29, 0.717) is 5.41 Å². The first-order valence-corrected chi connectivity index (χ1v) is 6.69. The SMILES string of the molecule is COc1ccccc1N(C)CC1(C)CCCNC1. The van der Waals surface area contributed by atoms with E-state index in [2.05, 4.69) is 36.3 Å². The Morgan fingerprint density at radius 3 is 2.83 bits per heavy atom. The molecule has 2 rings (SSSR count). The zero-order valence-electron chi connectivity index (χ0n) is 11.7. The van der Waals surface area contributed by atoms with Crippen molar-refractivity contribution in [2.45, 2.75) is 19.8 Å². The van der Waals surface area contributed by atoms with Gasteiger partial charge in [0.1, 0.15) is 5.75 Å². The van der Waals surface area contributed by atoms with Crippen molar-refractivity contribution >= 4 is 5.69 Å². The number of ether oxygens (including phenoxy) is 1. The first kappa shape index (κ1) is 13.2. The summed E-state index contributed by atoms with van der Waals surface area (Å²) in [7, 11) is 3.88. The van der Waals surface area contributed by atoms with Gasteiger partial charge in [0, 0.05) is 20.1 Å². The summed E-state index contributed by atoms with van der Waals surface area (Å²) in [5.41, 5.74) is 1.53. The second kappa shape index (κ2) is 5.61. The van der Waals surface area contributed by atoms with Gasteiger partial charge in [0.05, 0.1) is 12.8 Å². The molecule has 3 heteroatoms. The van der Waals surface area contributed by atoms with E-state index in [1.807, 2.05) is 12.1 Å². The van der Waals surface area contributed by atoms with Crippen LogP contribution in [0.5, 0.6) is 5.75 Å². The Labute approximate surface area is 110 Å². The van der Waals surface area contributed by atoms with Crippen LogP contribution in [0.1, 0.15) is 19.8 Å². The van der Waals surface area contributed by atoms with Crippen molar-refractivity contribution in [3.05, 3.63) is 24.3 Å². The van der Waals surface area contributed by atoms with E-state index in [4.69, 9.17) is 4.74 Å². The third-order valence-electron chi connectivity index (χ3n) is 3.80. The van der Waals surface area contributed by atoms with Crippen molar-refractivity contribution in [1.82, 2.24) is 5.32 Å². The second-order valence-corrected chi connectivity index (χ2v) is 5.62. The molecule has 1 aliphatic rings. The van der Waals surface area contributed by atoms with E-state index in [0.717, 1.165) is 25.4 Å². The Kier molecular flexibility index (Phi) is 4.12.